The van der Waals surface area contributed by atoms with Gasteiger partial charge in [-0.25, -0.2) is 4.89 Å². The van der Waals surface area contributed by atoms with E-state index in [1.807, 2.05) is 0 Å². The first-order chi connectivity index (χ1) is 15.4. The van der Waals surface area contributed by atoms with Gasteiger partial charge in [-0.1, -0.05) is 50.5 Å². The number of hydrogen-bond acceptors (Lipinski definition) is 3. The van der Waals surface area contributed by atoms with E-state index in [2.05, 4.69) is 54.5 Å². The lowest BCUT2D eigenvalue weighted by atomic mass is 9.35. The molecule has 0 aromatic rings. The molecule has 0 spiro atoms. The maximum Gasteiger partial charge on any atom is 0.0900 e. The van der Waals surface area contributed by atoms with Crippen LogP contribution in [0.25, 0.3) is 0 Å². The van der Waals surface area contributed by atoms with Crippen molar-refractivity contribution in [3.05, 3.63) is 22.8 Å². The SMILES string of the molecule is CC(C)=CCCC(C)=C1CC[C@@]2(C)C1CCC1C2(C)CCC2C(C)(COO)C(O)CC[C@@]21C. The fourth-order valence-corrected chi connectivity index (χ4v) is 9.91. The van der Waals surface area contributed by atoms with Crippen LogP contribution < -0.4 is 0 Å². The van der Waals surface area contributed by atoms with E-state index in [4.69, 9.17) is 4.89 Å². The first kappa shape index (κ1) is 25.5. The summed E-state index contributed by atoms with van der Waals surface area (Å²) in [4.78, 5) is 4.72. The van der Waals surface area contributed by atoms with Crippen LogP contribution in [-0.2, 0) is 4.89 Å². The van der Waals surface area contributed by atoms with E-state index < -0.39 is 0 Å². The first-order valence-electron chi connectivity index (χ1n) is 13.7. The van der Waals surface area contributed by atoms with Crippen LogP contribution in [0, 0.1) is 39.4 Å². The Balaban J connectivity index is 1.64. The number of allylic oxidation sites excluding steroid dienone is 4. The maximum absolute atomic E-state index is 11.0. The Hall–Kier alpha value is -0.640. The fourth-order valence-electron chi connectivity index (χ4n) is 9.91. The van der Waals surface area contributed by atoms with Crippen LogP contribution in [0.2, 0.25) is 0 Å². The van der Waals surface area contributed by atoms with Crippen LogP contribution in [0.15, 0.2) is 22.8 Å². The van der Waals surface area contributed by atoms with Gasteiger partial charge in [0.1, 0.15) is 0 Å². The van der Waals surface area contributed by atoms with Crippen LogP contribution in [0.4, 0.5) is 0 Å². The van der Waals surface area contributed by atoms with Crippen molar-refractivity contribution in [2.75, 3.05) is 6.61 Å². The Bertz CT molecular complexity index is 809. The molecule has 4 rings (SSSR count). The zero-order valence-electron chi connectivity index (χ0n) is 22.5. The molecule has 0 aromatic carbocycles. The minimum Gasteiger partial charge on any atom is -0.392 e. The topological polar surface area (TPSA) is 49.7 Å². The average Bonchev–Trinajstić information content (AvgIpc) is 3.09. The number of hydrogen-bond donors (Lipinski definition) is 2. The third-order valence-electron chi connectivity index (χ3n) is 12.0. The molecule has 4 aliphatic carbocycles. The predicted octanol–water partition coefficient (Wildman–Crippen LogP) is 7.95. The lowest BCUT2D eigenvalue weighted by Crippen LogP contribution is -2.64. The summed E-state index contributed by atoms with van der Waals surface area (Å²) >= 11 is 0. The van der Waals surface area contributed by atoms with E-state index in [0.717, 1.165) is 25.2 Å². The number of aliphatic hydroxyl groups excluding tert-OH is 1. The summed E-state index contributed by atoms with van der Waals surface area (Å²) in [5, 5.41) is 20.3. The Labute approximate surface area is 203 Å². The number of aliphatic hydroxyl groups is 1. The molecule has 4 saturated carbocycles. The average molecular weight is 459 g/mol. The molecule has 8 atom stereocenters. The molecule has 4 aliphatic rings. The highest BCUT2D eigenvalue weighted by Crippen LogP contribution is 2.75. The molecule has 3 heteroatoms. The van der Waals surface area contributed by atoms with Gasteiger partial charge >= 0.3 is 0 Å². The van der Waals surface area contributed by atoms with Crippen LogP contribution >= 0.6 is 0 Å². The molecule has 0 amide bonds. The highest BCUT2D eigenvalue weighted by atomic mass is 17.1. The Morgan fingerprint density at radius 2 is 1.67 bits per heavy atom. The molecule has 0 saturated heterocycles. The molecule has 0 radical (unpaired) electrons. The number of fused-ring (bicyclic) bond motifs is 5. The van der Waals surface area contributed by atoms with Crippen molar-refractivity contribution in [1.82, 2.24) is 0 Å². The van der Waals surface area contributed by atoms with E-state index in [0.29, 0.717) is 22.7 Å². The molecule has 0 aliphatic heterocycles. The molecular formula is C30H50O3. The molecule has 4 fully saturated rings. The molecule has 0 aromatic heterocycles. The maximum atomic E-state index is 11.0. The Morgan fingerprint density at radius 3 is 2.33 bits per heavy atom. The lowest BCUT2D eigenvalue weighted by Gasteiger charge is -2.69. The third-order valence-corrected chi connectivity index (χ3v) is 12.0. The van der Waals surface area contributed by atoms with Gasteiger partial charge in [0.2, 0.25) is 0 Å². The molecule has 3 nitrogen and oxygen atoms in total. The minimum absolute atomic E-state index is 0.207. The lowest BCUT2D eigenvalue weighted by molar-refractivity contribution is -0.299. The highest BCUT2D eigenvalue weighted by Gasteiger charge is 2.68. The van der Waals surface area contributed by atoms with Crippen molar-refractivity contribution in [3.63, 3.8) is 0 Å². The van der Waals surface area contributed by atoms with Gasteiger partial charge in [0.05, 0.1) is 12.7 Å². The van der Waals surface area contributed by atoms with Gasteiger partial charge < -0.3 is 5.11 Å². The van der Waals surface area contributed by atoms with Crippen molar-refractivity contribution in [3.8, 4) is 0 Å². The molecule has 2 N–H and O–H groups in total. The summed E-state index contributed by atoms with van der Waals surface area (Å²) in [6, 6.07) is 0. The second-order valence-electron chi connectivity index (χ2n) is 13.6. The monoisotopic (exact) mass is 458 g/mol. The van der Waals surface area contributed by atoms with E-state index in [9.17, 15) is 10.4 Å². The van der Waals surface area contributed by atoms with Gasteiger partial charge in [-0.2, -0.15) is 0 Å². The second kappa shape index (κ2) is 8.79. The van der Waals surface area contributed by atoms with Crippen molar-refractivity contribution >= 4 is 0 Å². The van der Waals surface area contributed by atoms with Gasteiger partial charge in [-0.3, -0.25) is 5.26 Å². The van der Waals surface area contributed by atoms with E-state index in [1.54, 1.807) is 11.1 Å². The fraction of sp³-hybridized carbons (Fsp3) is 0.867. The molecule has 188 valence electrons. The normalized spacial score (nSPS) is 48.5. The van der Waals surface area contributed by atoms with Gasteiger partial charge in [-0.15, -0.1) is 0 Å². The Kier molecular flexibility index (Phi) is 6.78. The van der Waals surface area contributed by atoms with Crippen LogP contribution in [0.3, 0.4) is 0 Å². The number of rotatable bonds is 5. The highest BCUT2D eigenvalue weighted by molar-refractivity contribution is 5.29. The van der Waals surface area contributed by atoms with Gasteiger partial charge in [0.25, 0.3) is 0 Å². The van der Waals surface area contributed by atoms with Gasteiger partial charge in [0.15, 0.2) is 0 Å². The Morgan fingerprint density at radius 1 is 0.939 bits per heavy atom. The van der Waals surface area contributed by atoms with Gasteiger partial charge in [-0.05, 0) is 119 Å². The summed E-state index contributed by atoms with van der Waals surface area (Å²) in [7, 11) is 0. The summed E-state index contributed by atoms with van der Waals surface area (Å²) in [5.41, 5.74) is 5.45. The zero-order valence-corrected chi connectivity index (χ0v) is 22.5. The van der Waals surface area contributed by atoms with Crippen LogP contribution in [0.5, 0.6) is 0 Å². The summed E-state index contributed by atoms with van der Waals surface area (Å²) in [6.45, 7) is 17.0. The standard InChI is InChI=1S/C30H50O3/c1-20(2)9-8-10-21(3)22-13-17-29(6)23(22)11-12-25-27(4)16-15-26(31)28(5,19-33-32)24(27)14-18-30(25,29)7/h9,23-26,31-32H,8,10-19H2,1-7H3/t23?,24?,25?,26?,27-,28?,29-,30?/m0/s1. The van der Waals surface area contributed by atoms with Crippen LogP contribution in [0.1, 0.15) is 113 Å². The summed E-state index contributed by atoms with van der Waals surface area (Å²) in [6.07, 6.45) is 14.0. The quantitative estimate of drug-likeness (QED) is 0.250. The summed E-state index contributed by atoms with van der Waals surface area (Å²) < 4.78 is 0. The molecule has 0 heterocycles. The molecular weight excluding hydrogens is 408 g/mol. The van der Waals surface area contributed by atoms with E-state index in [-0.39, 0.29) is 23.5 Å². The predicted molar refractivity (Wildman–Crippen MR) is 136 cm³/mol. The van der Waals surface area contributed by atoms with Crippen molar-refractivity contribution in [1.29, 1.82) is 0 Å². The second-order valence-corrected chi connectivity index (χ2v) is 13.6. The third kappa shape index (κ3) is 3.71. The molecule has 6 unspecified atom stereocenters. The minimum atomic E-state index is -0.386. The van der Waals surface area contributed by atoms with Crippen LogP contribution in [-0.4, -0.2) is 23.1 Å². The molecule has 0 bridgehead atoms. The van der Waals surface area contributed by atoms with Crippen molar-refractivity contribution < 1.29 is 15.3 Å². The van der Waals surface area contributed by atoms with Crippen molar-refractivity contribution in [2.45, 2.75) is 119 Å². The van der Waals surface area contributed by atoms with Gasteiger partial charge in [0, 0.05) is 5.41 Å². The van der Waals surface area contributed by atoms with Crippen molar-refractivity contribution in [2.24, 2.45) is 39.4 Å². The largest absolute Gasteiger partial charge is 0.392 e. The zero-order chi connectivity index (χ0) is 24.2. The molecule has 33 heavy (non-hydrogen) atoms. The van der Waals surface area contributed by atoms with E-state index >= 15 is 0 Å². The summed E-state index contributed by atoms with van der Waals surface area (Å²) in [5.74, 6) is 1.83. The van der Waals surface area contributed by atoms with E-state index in [1.165, 1.54) is 50.5 Å². The smallest absolute Gasteiger partial charge is 0.0900 e. The first-order valence-corrected chi connectivity index (χ1v) is 13.7.